The summed E-state index contributed by atoms with van der Waals surface area (Å²) < 4.78 is 16.6. The lowest BCUT2D eigenvalue weighted by atomic mass is 10.2. The third-order valence-electron chi connectivity index (χ3n) is 3.32. The quantitative estimate of drug-likeness (QED) is 0.623. The number of hydrogen-bond donors (Lipinski definition) is 0. The average Bonchev–Trinajstić information content (AvgIpc) is 3.08. The molecule has 24 heavy (non-hydrogen) atoms. The lowest BCUT2D eigenvalue weighted by Gasteiger charge is -2.12. The van der Waals surface area contributed by atoms with Crippen LogP contribution in [0.5, 0.6) is 11.5 Å². The Balaban J connectivity index is 1.77. The van der Waals surface area contributed by atoms with Gasteiger partial charge in [0.25, 0.3) is 5.89 Å². The summed E-state index contributed by atoms with van der Waals surface area (Å²) in [6.45, 7) is 1.79. The molecular formula is C17H14Cl2N2O3. The fourth-order valence-electron chi connectivity index (χ4n) is 2.06. The summed E-state index contributed by atoms with van der Waals surface area (Å²) in [6, 6.07) is 12.3. The first-order chi connectivity index (χ1) is 11.6. The molecule has 1 atom stereocenters. The van der Waals surface area contributed by atoms with Gasteiger partial charge in [0.1, 0.15) is 11.5 Å². The van der Waals surface area contributed by atoms with Crippen molar-refractivity contribution >= 4 is 23.2 Å². The van der Waals surface area contributed by atoms with Crippen LogP contribution in [0, 0.1) is 0 Å². The number of nitrogens with zero attached hydrogens (tertiary/aromatic N) is 2. The van der Waals surface area contributed by atoms with Crippen molar-refractivity contribution in [3.8, 4) is 23.0 Å². The van der Waals surface area contributed by atoms with Gasteiger partial charge in [-0.05, 0) is 43.3 Å². The van der Waals surface area contributed by atoms with Crippen LogP contribution in [0.2, 0.25) is 10.0 Å². The second-order valence-electron chi connectivity index (χ2n) is 5.01. The number of aromatic nitrogens is 2. The Morgan fingerprint density at radius 1 is 1.04 bits per heavy atom. The number of ether oxygens (including phenoxy) is 2. The lowest BCUT2D eigenvalue weighted by Crippen LogP contribution is -2.03. The van der Waals surface area contributed by atoms with E-state index < -0.39 is 6.10 Å². The molecule has 3 aromatic rings. The van der Waals surface area contributed by atoms with Crippen LogP contribution < -0.4 is 9.47 Å². The topological polar surface area (TPSA) is 57.4 Å². The molecule has 0 aliphatic carbocycles. The molecule has 2 aromatic carbocycles. The van der Waals surface area contributed by atoms with E-state index in [2.05, 4.69) is 10.2 Å². The summed E-state index contributed by atoms with van der Waals surface area (Å²) in [4.78, 5) is 0. The number of benzene rings is 2. The van der Waals surface area contributed by atoms with E-state index in [1.54, 1.807) is 32.2 Å². The van der Waals surface area contributed by atoms with E-state index in [-0.39, 0.29) is 0 Å². The minimum atomic E-state index is -0.472. The van der Waals surface area contributed by atoms with E-state index in [4.69, 9.17) is 37.1 Å². The molecule has 1 heterocycles. The van der Waals surface area contributed by atoms with E-state index in [0.29, 0.717) is 27.6 Å². The zero-order valence-electron chi connectivity index (χ0n) is 13.0. The van der Waals surface area contributed by atoms with Crippen LogP contribution in [0.25, 0.3) is 11.5 Å². The van der Waals surface area contributed by atoms with E-state index >= 15 is 0 Å². The van der Waals surface area contributed by atoms with Gasteiger partial charge in [-0.25, -0.2) is 0 Å². The van der Waals surface area contributed by atoms with Crippen molar-refractivity contribution in [2.24, 2.45) is 0 Å². The average molecular weight is 365 g/mol. The van der Waals surface area contributed by atoms with Gasteiger partial charge in [-0.1, -0.05) is 23.2 Å². The molecule has 5 nitrogen and oxygen atoms in total. The molecule has 1 aromatic heterocycles. The SMILES string of the molecule is COc1ccc(-c2nnc([C@H](C)Oc3cc(Cl)ccc3Cl)o2)cc1. The molecule has 0 spiro atoms. The largest absolute Gasteiger partial charge is 0.497 e. The summed E-state index contributed by atoms with van der Waals surface area (Å²) in [5.41, 5.74) is 0.794. The summed E-state index contributed by atoms with van der Waals surface area (Å²) >= 11 is 12.1. The Bertz CT molecular complexity index is 834. The molecule has 0 N–H and O–H groups in total. The number of rotatable bonds is 5. The smallest absolute Gasteiger partial charge is 0.257 e. The first-order valence-electron chi connectivity index (χ1n) is 7.16. The zero-order valence-corrected chi connectivity index (χ0v) is 14.5. The van der Waals surface area contributed by atoms with Gasteiger partial charge in [0.2, 0.25) is 5.89 Å². The molecule has 0 saturated heterocycles. The van der Waals surface area contributed by atoms with Crippen LogP contribution in [0.1, 0.15) is 18.9 Å². The molecule has 0 aliphatic rings. The van der Waals surface area contributed by atoms with Crippen LogP contribution in [0.4, 0.5) is 0 Å². The molecule has 0 amide bonds. The van der Waals surface area contributed by atoms with Gasteiger partial charge in [0.05, 0.1) is 12.1 Å². The maximum atomic E-state index is 6.10. The monoisotopic (exact) mass is 364 g/mol. The molecular weight excluding hydrogens is 351 g/mol. The fraction of sp³-hybridized carbons (Fsp3) is 0.176. The van der Waals surface area contributed by atoms with Gasteiger partial charge in [0.15, 0.2) is 6.10 Å². The molecule has 0 unspecified atom stereocenters. The highest BCUT2D eigenvalue weighted by Gasteiger charge is 2.18. The van der Waals surface area contributed by atoms with Crippen LogP contribution in [-0.4, -0.2) is 17.3 Å². The summed E-state index contributed by atoms with van der Waals surface area (Å²) in [7, 11) is 1.61. The second kappa shape index (κ2) is 7.11. The van der Waals surface area contributed by atoms with Crippen molar-refractivity contribution in [1.82, 2.24) is 10.2 Å². The minimum absolute atomic E-state index is 0.344. The summed E-state index contributed by atoms with van der Waals surface area (Å²) in [5, 5.41) is 9.08. The predicted octanol–water partition coefficient (Wildman–Crippen LogP) is 5.19. The molecule has 0 radical (unpaired) electrons. The highest BCUT2D eigenvalue weighted by atomic mass is 35.5. The maximum Gasteiger partial charge on any atom is 0.257 e. The Hall–Kier alpha value is -2.24. The van der Waals surface area contributed by atoms with Gasteiger partial charge >= 0.3 is 0 Å². The minimum Gasteiger partial charge on any atom is -0.497 e. The molecule has 0 fully saturated rings. The highest BCUT2D eigenvalue weighted by Crippen LogP contribution is 2.32. The number of halogens is 2. The molecule has 0 bridgehead atoms. The molecule has 0 saturated carbocycles. The Morgan fingerprint density at radius 3 is 2.50 bits per heavy atom. The molecule has 3 rings (SSSR count). The van der Waals surface area contributed by atoms with Crippen LogP contribution in [0.3, 0.4) is 0 Å². The first kappa shape index (κ1) is 16.6. The summed E-state index contributed by atoms with van der Waals surface area (Å²) in [6.07, 6.45) is -0.472. The van der Waals surface area contributed by atoms with Crippen molar-refractivity contribution in [2.45, 2.75) is 13.0 Å². The Labute approximate surface area is 149 Å². The number of hydrogen-bond acceptors (Lipinski definition) is 5. The molecule has 0 aliphatic heterocycles. The van der Waals surface area contributed by atoms with Crippen molar-refractivity contribution in [3.05, 3.63) is 58.4 Å². The van der Waals surface area contributed by atoms with Crippen molar-refractivity contribution in [3.63, 3.8) is 0 Å². The standard InChI is InChI=1S/C17H14Cl2N2O3/c1-10(23-15-9-12(18)5-8-14(15)19)16-20-21-17(24-16)11-3-6-13(22-2)7-4-11/h3-10H,1-2H3/t10-/m0/s1. The number of methoxy groups -OCH3 is 1. The maximum absolute atomic E-state index is 6.10. The first-order valence-corrected chi connectivity index (χ1v) is 7.92. The molecule has 124 valence electrons. The second-order valence-corrected chi connectivity index (χ2v) is 5.85. The third kappa shape index (κ3) is 3.63. The van der Waals surface area contributed by atoms with E-state index in [9.17, 15) is 0 Å². The van der Waals surface area contributed by atoms with Crippen LogP contribution in [-0.2, 0) is 0 Å². The lowest BCUT2D eigenvalue weighted by molar-refractivity contribution is 0.190. The fourth-order valence-corrected chi connectivity index (χ4v) is 2.38. The Morgan fingerprint density at radius 2 is 1.79 bits per heavy atom. The van der Waals surface area contributed by atoms with Crippen molar-refractivity contribution < 1.29 is 13.9 Å². The zero-order chi connectivity index (χ0) is 17.1. The van der Waals surface area contributed by atoms with Crippen molar-refractivity contribution in [1.29, 1.82) is 0 Å². The molecule has 7 heteroatoms. The van der Waals surface area contributed by atoms with Gasteiger partial charge in [-0.15, -0.1) is 10.2 Å². The van der Waals surface area contributed by atoms with E-state index in [1.165, 1.54) is 0 Å². The third-order valence-corrected chi connectivity index (χ3v) is 3.87. The van der Waals surface area contributed by atoms with E-state index in [1.807, 2.05) is 24.3 Å². The van der Waals surface area contributed by atoms with Gasteiger partial charge in [-0.3, -0.25) is 0 Å². The normalized spacial score (nSPS) is 12.0. The highest BCUT2D eigenvalue weighted by molar-refractivity contribution is 6.34. The van der Waals surface area contributed by atoms with Crippen LogP contribution in [0.15, 0.2) is 46.9 Å². The predicted molar refractivity (Wildman–Crippen MR) is 91.8 cm³/mol. The Kier molecular flexibility index (Phi) is 4.92. The van der Waals surface area contributed by atoms with Gasteiger partial charge < -0.3 is 13.9 Å². The van der Waals surface area contributed by atoms with Gasteiger partial charge in [0, 0.05) is 16.7 Å². The van der Waals surface area contributed by atoms with E-state index in [0.717, 1.165) is 11.3 Å². The summed E-state index contributed by atoms with van der Waals surface area (Å²) in [5.74, 6) is 1.96. The van der Waals surface area contributed by atoms with Gasteiger partial charge in [-0.2, -0.15) is 0 Å². The van der Waals surface area contributed by atoms with Crippen molar-refractivity contribution in [2.75, 3.05) is 7.11 Å². The van der Waals surface area contributed by atoms with Crippen LogP contribution >= 0.6 is 23.2 Å².